The van der Waals surface area contributed by atoms with Crippen LogP contribution in [0.5, 0.6) is 0 Å². The van der Waals surface area contributed by atoms with Crippen LogP contribution in [-0.2, 0) is 9.59 Å². The molecule has 0 bridgehead atoms. The van der Waals surface area contributed by atoms with Crippen LogP contribution in [0.25, 0.3) is 0 Å². The number of hydrogen-bond donors (Lipinski definition) is 1. The van der Waals surface area contributed by atoms with Crippen LogP contribution in [0.2, 0.25) is 0 Å². The van der Waals surface area contributed by atoms with Gasteiger partial charge in [0.15, 0.2) is 0 Å². The summed E-state index contributed by atoms with van der Waals surface area (Å²) in [6.07, 6.45) is 4.05. The fourth-order valence-corrected chi connectivity index (χ4v) is 5.24. The number of fused-ring (bicyclic) bond motifs is 1. The molecule has 3 aromatic carbocycles. The standard InChI is InChI=1S/C27H21BrN2O3/c28-20-13-7-12-19(16-20)25(31)29-30-26(32)23-21(17-8-3-1-4-9-17)14-15-22(24(23)27(30)33)18-10-5-2-6-11-18/h1-16,21-24H,(H,29,31)/t21-,22+,23-,24-/m1/s1. The first-order valence-electron chi connectivity index (χ1n) is 10.8. The normalized spacial score (nSPS) is 24.0. The Balaban J connectivity index is 1.52. The van der Waals surface area contributed by atoms with Crippen LogP contribution in [0.3, 0.4) is 0 Å². The maximum absolute atomic E-state index is 13.6. The van der Waals surface area contributed by atoms with Crippen molar-refractivity contribution in [2.45, 2.75) is 11.8 Å². The Labute approximate surface area is 200 Å². The summed E-state index contributed by atoms with van der Waals surface area (Å²) >= 11 is 3.35. The molecule has 2 aliphatic rings. The van der Waals surface area contributed by atoms with Crippen molar-refractivity contribution in [2.75, 3.05) is 0 Å². The number of imide groups is 1. The van der Waals surface area contributed by atoms with Crippen LogP contribution >= 0.6 is 15.9 Å². The summed E-state index contributed by atoms with van der Waals surface area (Å²) in [6, 6.07) is 26.2. The van der Waals surface area contributed by atoms with Gasteiger partial charge in [-0.3, -0.25) is 19.8 Å². The third kappa shape index (κ3) is 3.91. The predicted molar refractivity (Wildman–Crippen MR) is 128 cm³/mol. The molecule has 1 aliphatic carbocycles. The van der Waals surface area contributed by atoms with Crippen molar-refractivity contribution in [3.05, 3.63) is 118 Å². The Hall–Kier alpha value is -3.51. The number of benzene rings is 3. The molecule has 3 aromatic rings. The lowest BCUT2D eigenvalue weighted by Crippen LogP contribution is -2.46. The third-order valence-corrected chi connectivity index (χ3v) is 6.86. The van der Waals surface area contributed by atoms with Crippen molar-refractivity contribution in [1.82, 2.24) is 10.4 Å². The number of rotatable bonds is 4. The van der Waals surface area contributed by atoms with Gasteiger partial charge in [-0.15, -0.1) is 0 Å². The van der Waals surface area contributed by atoms with E-state index in [-0.39, 0.29) is 23.7 Å². The molecule has 5 nitrogen and oxygen atoms in total. The molecular weight excluding hydrogens is 480 g/mol. The molecule has 1 N–H and O–H groups in total. The lowest BCUT2D eigenvalue weighted by molar-refractivity contribution is -0.142. The van der Waals surface area contributed by atoms with Gasteiger partial charge in [-0.25, -0.2) is 0 Å². The van der Waals surface area contributed by atoms with Crippen molar-refractivity contribution < 1.29 is 14.4 Å². The number of carbonyl (C=O) groups is 3. The molecule has 1 saturated heterocycles. The number of allylic oxidation sites excluding steroid dienone is 2. The number of carbonyl (C=O) groups excluding carboxylic acids is 3. The average molecular weight is 501 g/mol. The van der Waals surface area contributed by atoms with Gasteiger partial charge in [-0.05, 0) is 29.3 Å². The van der Waals surface area contributed by atoms with Crippen molar-refractivity contribution in [3.8, 4) is 0 Å². The van der Waals surface area contributed by atoms with Gasteiger partial charge >= 0.3 is 0 Å². The first-order chi connectivity index (χ1) is 16.0. The van der Waals surface area contributed by atoms with Crippen molar-refractivity contribution in [1.29, 1.82) is 0 Å². The molecule has 33 heavy (non-hydrogen) atoms. The van der Waals surface area contributed by atoms with E-state index in [1.807, 2.05) is 72.8 Å². The number of nitrogens with zero attached hydrogens (tertiary/aromatic N) is 1. The van der Waals surface area contributed by atoms with Gasteiger partial charge in [-0.2, -0.15) is 5.01 Å². The molecule has 1 heterocycles. The summed E-state index contributed by atoms with van der Waals surface area (Å²) < 4.78 is 0.736. The highest BCUT2D eigenvalue weighted by Crippen LogP contribution is 2.48. The molecular formula is C27H21BrN2O3. The van der Waals surface area contributed by atoms with E-state index in [1.54, 1.807) is 24.3 Å². The van der Waals surface area contributed by atoms with Crippen molar-refractivity contribution >= 4 is 33.7 Å². The van der Waals surface area contributed by atoms with E-state index < -0.39 is 17.7 Å². The summed E-state index contributed by atoms with van der Waals surface area (Å²) in [5.74, 6) is -2.96. The Morgan fingerprint density at radius 2 is 1.24 bits per heavy atom. The number of hydrazine groups is 1. The lowest BCUT2D eigenvalue weighted by atomic mass is 9.68. The van der Waals surface area contributed by atoms with Crippen LogP contribution in [0.4, 0.5) is 0 Å². The number of nitrogens with one attached hydrogen (secondary N) is 1. The molecule has 6 heteroatoms. The smallest absolute Gasteiger partial charge is 0.270 e. The highest BCUT2D eigenvalue weighted by atomic mass is 79.9. The van der Waals surface area contributed by atoms with Gasteiger partial charge in [0.05, 0.1) is 11.8 Å². The van der Waals surface area contributed by atoms with Crippen LogP contribution < -0.4 is 5.43 Å². The van der Waals surface area contributed by atoms with Crippen LogP contribution in [0.15, 0.2) is 102 Å². The minimum absolute atomic E-state index is 0.250. The second-order valence-corrected chi connectivity index (χ2v) is 9.19. The highest BCUT2D eigenvalue weighted by molar-refractivity contribution is 9.10. The summed E-state index contributed by atoms with van der Waals surface area (Å²) in [5, 5.41) is 0.928. The molecule has 0 unspecified atom stereocenters. The Bertz CT molecular complexity index is 1170. The van der Waals surface area contributed by atoms with E-state index in [1.165, 1.54) is 0 Å². The molecule has 164 valence electrons. The molecule has 0 radical (unpaired) electrons. The second-order valence-electron chi connectivity index (χ2n) is 8.27. The third-order valence-electron chi connectivity index (χ3n) is 6.37. The zero-order valence-electron chi connectivity index (χ0n) is 17.6. The number of hydrogen-bond acceptors (Lipinski definition) is 3. The largest absolute Gasteiger partial charge is 0.272 e. The first-order valence-corrected chi connectivity index (χ1v) is 11.6. The zero-order chi connectivity index (χ0) is 22.9. The highest BCUT2D eigenvalue weighted by Gasteiger charge is 2.55. The van der Waals surface area contributed by atoms with Gasteiger partial charge in [0.25, 0.3) is 17.7 Å². The van der Waals surface area contributed by atoms with Gasteiger partial charge < -0.3 is 0 Å². The minimum atomic E-state index is -0.599. The molecule has 0 spiro atoms. The Kier molecular flexibility index (Phi) is 5.68. The SMILES string of the molecule is O=C(NN1C(=O)[C@H]2[C@H](C1=O)[C@H](c1ccccc1)C=C[C@@H]2c1ccccc1)c1cccc(Br)c1. The van der Waals surface area contributed by atoms with Crippen LogP contribution in [0, 0.1) is 11.8 Å². The van der Waals surface area contributed by atoms with E-state index in [9.17, 15) is 14.4 Å². The molecule has 1 fully saturated rings. The minimum Gasteiger partial charge on any atom is -0.272 e. The van der Waals surface area contributed by atoms with E-state index >= 15 is 0 Å². The van der Waals surface area contributed by atoms with Crippen LogP contribution in [0.1, 0.15) is 33.3 Å². The molecule has 0 saturated carbocycles. The zero-order valence-corrected chi connectivity index (χ0v) is 19.2. The van der Waals surface area contributed by atoms with Crippen molar-refractivity contribution in [2.24, 2.45) is 11.8 Å². The molecule has 0 aromatic heterocycles. The molecule has 3 amide bonds. The van der Waals surface area contributed by atoms with Gasteiger partial charge in [0.1, 0.15) is 0 Å². The van der Waals surface area contributed by atoms with E-state index in [0.717, 1.165) is 20.6 Å². The van der Waals surface area contributed by atoms with E-state index in [2.05, 4.69) is 21.4 Å². The van der Waals surface area contributed by atoms with Crippen molar-refractivity contribution in [3.63, 3.8) is 0 Å². The summed E-state index contributed by atoms with van der Waals surface area (Å²) in [5.41, 5.74) is 4.87. The summed E-state index contributed by atoms with van der Waals surface area (Å²) in [6.45, 7) is 0. The number of halogens is 1. The Morgan fingerprint density at radius 1 is 0.727 bits per heavy atom. The topological polar surface area (TPSA) is 66.5 Å². The van der Waals surface area contributed by atoms with Crippen LogP contribution in [-0.4, -0.2) is 22.7 Å². The fourth-order valence-electron chi connectivity index (χ4n) is 4.84. The van der Waals surface area contributed by atoms with E-state index in [0.29, 0.717) is 5.56 Å². The molecule has 4 atom stereocenters. The Morgan fingerprint density at radius 3 is 1.73 bits per heavy atom. The fraction of sp³-hybridized carbons (Fsp3) is 0.148. The lowest BCUT2D eigenvalue weighted by Gasteiger charge is -2.32. The maximum Gasteiger partial charge on any atom is 0.270 e. The first kappa shape index (κ1) is 21.3. The maximum atomic E-state index is 13.6. The van der Waals surface area contributed by atoms with Gasteiger partial charge in [0, 0.05) is 21.9 Å². The summed E-state index contributed by atoms with van der Waals surface area (Å²) in [7, 11) is 0. The summed E-state index contributed by atoms with van der Waals surface area (Å²) in [4.78, 5) is 40.0. The monoisotopic (exact) mass is 500 g/mol. The average Bonchev–Trinajstić information content (AvgIpc) is 3.10. The molecule has 5 rings (SSSR count). The predicted octanol–water partition coefficient (Wildman–Crippen LogP) is 4.83. The van der Waals surface area contributed by atoms with E-state index in [4.69, 9.17) is 0 Å². The quantitative estimate of drug-likeness (QED) is 0.412. The van der Waals surface area contributed by atoms with Gasteiger partial charge in [0.2, 0.25) is 0 Å². The second kappa shape index (κ2) is 8.79. The molecule has 1 aliphatic heterocycles. The van der Waals surface area contributed by atoms with Gasteiger partial charge in [-0.1, -0.05) is 94.8 Å². The number of amides is 3.